The Bertz CT molecular complexity index is 1310. The van der Waals surface area contributed by atoms with Crippen LogP contribution in [-0.4, -0.2) is 36.3 Å². The van der Waals surface area contributed by atoms with Crippen LogP contribution in [0.2, 0.25) is 0 Å². The number of nitrogens with one attached hydrogen (secondary N) is 2. The second kappa shape index (κ2) is 8.11. The first-order valence-corrected chi connectivity index (χ1v) is 11.3. The molecule has 9 nitrogen and oxygen atoms in total. The molecular weight excluding hydrogens is 423 g/mol. The van der Waals surface area contributed by atoms with Crippen LogP contribution < -0.4 is 11.1 Å². The standard InChI is InChI=1S/C23H25FN8O/c24-16-7-13(8-19-21(16)32(12-28-19)20-3-1-2-6-33-20)10-26-23-27-11-15(22(25)29-23)18-9-17(30-31-18)14-4-5-14/h7-9,11-12,14,20H,1-6,10H2,(H,30,31)(H3,25,26,27,29). The van der Waals surface area contributed by atoms with Crippen LogP contribution in [-0.2, 0) is 11.3 Å². The topological polar surface area (TPSA) is 120 Å². The third-order valence-electron chi connectivity index (χ3n) is 6.31. The summed E-state index contributed by atoms with van der Waals surface area (Å²) in [6, 6.07) is 5.39. The van der Waals surface area contributed by atoms with Crippen molar-refractivity contribution in [3.8, 4) is 11.3 Å². The highest BCUT2D eigenvalue weighted by Gasteiger charge is 2.26. The lowest BCUT2D eigenvalue weighted by Gasteiger charge is -2.24. The van der Waals surface area contributed by atoms with E-state index in [1.54, 1.807) is 17.1 Å². The molecule has 3 aromatic heterocycles. The van der Waals surface area contributed by atoms with Gasteiger partial charge in [0.25, 0.3) is 0 Å². The van der Waals surface area contributed by atoms with Crippen LogP contribution in [0.3, 0.4) is 0 Å². The molecule has 0 radical (unpaired) electrons. The Balaban J connectivity index is 1.18. The van der Waals surface area contributed by atoms with Gasteiger partial charge in [0.15, 0.2) is 0 Å². The summed E-state index contributed by atoms with van der Waals surface area (Å²) in [4.78, 5) is 13.1. The average Bonchev–Trinajstić information content (AvgIpc) is 3.40. The molecule has 1 saturated heterocycles. The van der Waals surface area contributed by atoms with Gasteiger partial charge in [-0.05, 0) is 55.9 Å². The van der Waals surface area contributed by atoms with Crippen molar-refractivity contribution in [2.24, 2.45) is 0 Å². The quantitative estimate of drug-likeness (QED) is 0.406. The van der Waals surface area contributed by atoms with Crippen LogP contribution in [0, 0.1) is 5.82 Å². The number of benzene rings is 1. The number of nitrogen functional groups attached to an aromatic ring is 1. The molecule has 6 rings (SSSR count). The third kappa shape index (κ3) is 3.91. The number of hydrogen-bond donors (Lipinski definition) is 3. The van der Waals surface area contributed by atoms with Gasteiger partial charge >= 0.3 is 0 Å². The number of anilines is 2. The summed E-state index contributed by atoms with van der Waals surface area (Å²) in [6.45, 7) is 1.03. The summed E-state index contributed by atoms with van der Waals surface area (Å²) < 4.78 is 22.6. The minimum absolute atomic E-state index is 0.160. The number of fused-ring (bicyclic) bond motifs is 1. The van der Waals surface area contributed by atoms with E-state index in [0.29, 0.717) is 47.4 Å². The molecule has 1 aliphatic carbocycles. The van der Waals surface area contributed by atoms with E-state index in [-0.39, 0.29) is 12.0 Å². The minimum Gasteiger partial charge on any atom is -0.383 e. The maximum absolute atomic E-state index is 15.0. The number of rotatable bonds is 6. The van der Waals surface area contributed by atoms with E-state index in [9.17, 15) is 4.39 Å². The molecule has 1 aromatic carbocycles. The molecule has 1 aliphatic heterocycles. The SMILES string of the molecule is Nc1nc(NCc2cc(F)c3c(c2)ncn3C2CCCCO2)ncc1-c1cc(C2CC2)[nH]n1. The normalized spacial score (nSPS) is 18.6. The molecule has 1 atom stereocenters. The molecule has 2 fully saturated rings. The van der Waals surface area contributed by atoms with Gasteiger partial charge < -0.3 is 20.4 Å². The fourth-order valence-corrected chi connectivity index (χ4v) is 4.38. The molecule has 0 amide bonds. The average molecular weight is 449 g/mol. The van der Waals surface area contributed by atoms with Gasteiger partial charge in [-0.1, -0.05) is 0 Å². The Hall–Kier alpha value is -3.53. The summed E-state index contributed by atoms with van der Waals surface area (Å²) in [6.07, 6.45) is 8.51. The highest BCUT2D eigenvalue weighted by atomic mass is 19.1. The first-order valence-electron chi connectivity index (χ1n) is 11.3. The van der Waals surface area contributed by atoms with Gasteiger partial charge in [-0.15, -0.1) is 0 Å². The molecule has 0 bridgehead atoms. The fraction of sp³-hybridized carbons (Fsp3) is 0.391. The highest BCUT2D eigenvalue weighted by Crippen LogP contribution is 2.40. The number of aromatic amines is 1. The molecule has 4 heterocycles. The summed E-state index contributed by atoms with van der Waals surface area (Å²) in [5.74, 6) is 0.968. The lowest BCUT2D eigenvalue weighted by molar-refractivity contribution is -0.0297. The van der Waals surface area contributed by atoms with E-state index < -0.39 is 0 Å². The molecule has 1 saturated carbocycles. The molecule has 1 unspecified atom stereocenters. The van der Waals surface area contributed by atoms with Crippen LogP contribution in [0.4, 0.5) is 16.2 Å². The van der Waals surface area contributed by atoms with Crippen molar-refractivity contribution in [1.82, 2.24) is 29.7 Å². The van der Waals surface area contributed by atoms with E-state index >= 15 is 0 Å². The van der Waals surface area contributed by atoms with Crippen LogP contribution in [0.5, 0.6) is 0 Å². The first kappa shape index (κ1) is 20.1. The lowest BCUT2D eigenvalue weighted by atomic mass is 10.1. The molecular formula is C23H25FN8O. The maximum Gasteiger partial charge on any atom is 0.224 e. The Morgan fingerprint density at radius 1 is 1.18 bits per heavy atom. The van der Waals surface area contributed by atoms with E-state index in [4.69, 9.17) is 10.5 Å². The number of nitrogens with two attached hydrogens (primary N) is 1. The zero-order valence-corrected chi connectivity index (χ0v) is 18.1. The van der Waals surface area contributed by atoms with Crippen LogP contribution in [0.25, 0.3) is 22.3 Å². The van der Waals surface area contributed by atoms with E-state index in [2.05, 4.69) is 30.5 Å². The first-order chi connectivity index (χ1) is 16.2. The largest absolute Gasteiger partial charge is 0.383 e. The Kier molecular flexibility index (Phi) is 4.94. The van der Waals surface area contributed by atoms with Gasteiger partial charge in [-0.25, -0.2) is 14.4 Å². The number of H-pyrrole nitrogens is 1. The molecule has 170 valence electrons. The van der Waals surface area contributed by atoms with Gasteiger partial charge in [0, 0.05) is 31.0 Å². The molecule has 2 aliphatic rings. The van der Waals surface area contributed by atoms with Crippen molar-refractivity contribution in [2.45, 2.75) is 50.8 Å². The fourth-order valence-electron chi connectivity index (χ4n) is 4.38. The van der Waals surface area contributed by atoms with Crippen LogP contribution >= 0.6 is 0 Å². The van der Waals surface area contributed by atoms with Crippen molar-refractivity contribution in [2.75, 3.05) is 17.7 Å². The number of aromatic nitrogens is 6. The lowest BCUT2D eigenvalue weighted by Crippen LogP contribution is -2.17. The molecule has 4 N–H and O–H groups in total. The number of imidazole rings is 1. The zero-order valence-electron chi connectivity index (χ0n) is 18.1. The minimum atomic E-state index is -0.322. The second-order valence-electron chi connectivity index (χ2n) is 8.75. The van der Waals surface area contributed by atoms with Crippen molar-refractivity contribution in [3.63, 3.8) is 0 Å². The second-order valence-corrected chi connectivity index (χ2v) is 8.75. The Labute approximate surface area is 189 Å². The van der Waals surface area contributed by atoms with Gasteiger partial charge in [0.05, 0.1) is 23.1 Å². The highest BCUT2D eigenvalue weighted by molar-refractivity contribution is 5.77. The van der Waals surface area contributed by atoms with E-state index in [0.717, 1.165) is 36.2 Å². The van der Waals surface area contributed by atoms with E-state index in [1.807, 2.05) is 12.1 Å². The summed E-state index contributed by atoms with van der Waals surface area (Å²) >= 11 is 0. The van der Waals surface area contributed by atoms with Gasteiger partial charge in [-0.3, -0.25) is 5.10 Å². The maximum atomic E-state index is 15.0. The van der Waals surface area contributed by atoms with Gasteiger partial charge in [0.2, 0.25) is 5.95 Å². The summed E-state index contributed by atoms with van der Waals surface area (Å²) in [5, 5.41) is 10.5. The molecule has 33 heavy (non-hydrogen) atoms. The number of halogens is 1. The van der Waals surface area contributed by atoms with Gasteiger partial charge in [-0.2, -0.15) is 10.1 Å². The van der Waals surface area contributed by atoms with Crippen LogP contribution in [0.15, 0.2) is 30.7 Å². The molecule has 0 spiro atoms. The third-order valence-corrected chi connectivity index (χ3v) is 6.31. The Morgan fingerprint density at radius 2 is 2.09 bits per heavy atom. The predicted molar refractivity (Wildman–Crippen MR) is 122 cm³/mol. The number of hydrogen-bond acceptors (Lipinski definition) is 7. The summed E-state index contributed by atoms with van der Waals surface area (Å²) in [5.41, 5.74) is 10.5. The zero-order chi connectivity index (χ0) is 22.4. The van der Waals surface area contributed by atoms with Crippen LogP contribution in [0.1, 0.15) is 55.5 Å². The monoisotopic (exact) mass is 448 g/mol. The number of nitrogens with zero attached hydrogens (tertiary/aromatic N) is 5. The smallest absolute Gasteiger partial charge is 0.224 e. The van der Waals surface area contributed by atoms with Crippen molar-refractivity contribution >= 4 is 22.8 Å². The Morgan fingerprint density at radius 3 is 2.88 bits per heavy atom. The van der Waals surface area contributed by atoms with Gasteiger partial charge in [0.1, 0.15) is 23.4 Å². The van der Waals surface area contributed by atoms with Crippen molar-refractivity contribution in [3.05, 3.63) is 47.8 Å². The summed E-state index contributed by atoms with van der Waals surface area (Å²) in [7, 11) is 0. The number of ether oxygens (including phenoxy) is 1. The van der Waals surface area contributed by atoms with Crippen molar-refractivity contribution in [1.29, 1.82) is 0 Å². The predicted octanol–water partition coefficient (Wildman–Crippen LogP) is 4.13. The van der Waals surface area contributed by atoms with Crippen molar-refractivity contribution < 1.29 is 9.13 Å². The van der Waals surface area contributed by atoms with E-state index in [1.165, 1.54) is 18.9 Å². The molecule has 10 heteroatoms. The molecule has 4 aromatic rings.